The van der Waals surface area contributed by atoms with Crippen molar-refractivity contribution in [1.82, 2.24) is 20.3 Å². The number of nitrogens with one attached hydrogen (secondary N) is 1. The van der Waals surface area contributed by atoms with Gasteiger partial charge in [0.05, 0.1) is 17.9 Å². The van der Waals surface area contributed by atoms with Gasteiger partial charge in [0.15, 0.2) is 5.69 Å². The Labute approximate surface area is 155 Å². The highest BCUT2D eigenvalue weighted by atomic mass is 19.1. The number of hydrogen-bond donors (Lipinski definition) is 1. The molecule has 1 fully saturated rings. The maximum absolute atomic E-state index is 13.2. The number of benzene rings is 1. The fourth-order valence-corrected chi connectivity index (χ4v) is 3.70. The van der Waals surface area contributed by atoms with E-state index in [9.17, 15) is 9.18 Å². The van der Waals surface area contributed by atoms with Crippen molar-refractivity contribution in [3.63, 3.8) is 0 Å². The second kappa shape index (κ2) is 6.33. The van der Waals surface area contributed by atoms with E-state index in [0.717, 1.165) is 54.8 Å². The SMILES string of the molecule is O=C(N[C@H]1CCCc2c1cnn2-c1ccc(F)cc1)c1cc(C2CC2)on1. The Bertz CT molecular complexity index is 988. The molecule has 6 nitrogen and oxygen atoms in total. The Balaban J connectivity index is 1.38. The minimum absolute atomic E-state index is 0.114. The predicted molar refractivity (Wildman–Crippen MR) is 95.1 cm³/mol. The van der Waals surface area contributed by atoms with Crippen molar-refractivity contribution < 1.29 is 13.7 Å². The first-order chi connectivity index (χ1) is 13.2. The number of amides is 1. The number of hydrogen-bond acceptors (Lipinski definition) is 4. The summed E-state index contributed by atoms with van der Waals surface area (Å²) in [7, 11) is 0. The fourth-order valence-electron chi connectivity index (χ4n) is 3.70. The molecule has 2 aliphatic carbocycles. The highest BCUT2D eigenvalue weighted by molar-refractivity contribution is 5.92. The van der Waals surface area contributed by atoms with Crippen molar-refractivity contribution >= 4 is 5.91 Å². The van der Waals surface area contributed by atoms with Crippen molar-refractivity contribution in [2.24, 2.45) is 0 Å². The zero-order valence-electron chi connectivity index (χ0n) is 14.7. The van der Waals surface area contributed by atoms with Gasteiger partial charge in [-0.15, -0.1) is 0 Å². The van der Waals surface area contributed by atoms with E-state index in [1.165, 1.54) is 12.1 Å². The highest BCUT2D eigenvalue weighted by Gasteiger charge is 2.30. The smallest absolute Gasteiger partial charge is 0.273 e. The molecule has 0 saturated heterocycles. The molecule has 27 heavy (non-hydrogen) atoms. The molecule has 2 aliphatic rings. The van der Waals surface area contributed by atoms with E-state index >= 15 is 0 Å². The molecular weight excluding hydrogens is 347 g/mol. The lowest BCUT2D eigenvalue weighted by Gasteiger charge is -2.23. The lowest BCUT2D eigenvalue weighted by Crippen LogP contribution is -2.31. The van der Waals surface area contributed by atoms with Crippen LogP contribution in [0, 0.1) is 5.82 Å². The number of nitrogens with zero attached hydrogens (tertiary/aromatic N) is 3. The summed E-state index contributed by atoms with van der Waals surface area (Å²) in [4.78, 5) is 12.6. The minimum atomic E-state index is -0.275. The van der Waals surface area contributed by atoms with Gasteiger partial charge in [-0.05, 0) is 56.4 Å². The van der Waals surface area contributed by atoms with Gasteiger partial charge in [-0.2, -0.15) is 5.10 Å². The van der Waals surface area contributed by atoms with Gasteiger partial charge in [-0.1, -0.05) is 5.16 Å². The molecule has 0 aliphatic heterocycles. The Kier molecular flexibility index (Phi) is 3.81. The first-order valence-electron chi connectivity index (χ1n) is 9.29. The average molecular weight is 366 g/mol. The lowest BCUT2D eigenvalue weighted by molar-refractivity contribution is 0.0923. The predicted octanol–water partition coefficient (Wildman–Crippen LogP) is 3.68. The van der Waals surface area contributed by atoms with Gasteiger partial charge in [0.25, 0.3) is 5.91 Å². The van der Waals surface area contributed by atoms with Gasteiger partial charge < -0.3 is 9.84 Å². The van der Waals surface area contributed by atoms with Gasteiger partial charge in [0, 0.05) is 23.2 Å². The van der Waals surface area contributed by atoms with E-state index < -0.39 is 0 Å². The third kappa shape index (κ3) is 3.03. The van der Waals surface area contributed by atoms with Crippen molar-refractivity contribution in [2.75, 3.05) is 0 Å². The second-order valence-electron chi connectivity index (χ2n) is 7.24. The van der Waals surface area contributed by atoms with E-state index in [1.54, 1.807) is 24.4 Å². The van der Waals surface area contributed by atoms with Gasteiger partial charge in [-0.3, -0.25) is 4.79 Å². The second-order valence-corrected chi connectivity index (χ2v) is 7.24. The fraction of sp³-hybridized carbons (Fsp3) is 0.350. The molecule has 7 heteroatoms. The van der Waals surface area contributed by atoms with Crippen LogP contribution in [-0.2, 0) is 6.42 Å². The van der Waals surface area contributed by atoms with Crippen molar-refractivity contribution in [3.05, 3.63) is 65.1 Å². The third-order valence-electron chi connectivity index (χ3n) is 5.30. The largest absolute Gasteiger partial charge is 0.360 e. The van der Waals surface area contributed by atoms with Gasteiger partial charge in [0.2, 0.25) is 0 Å². The highest BCUT2D eigenvalue weighted by Crippen LogP contribution is 2.40. The number of aromatic nitrogens is 3. The van der Waals surface area contributed by atoms with Crippen LogP contribution in [0.1, 0.15) is 65.1 Å². The Hall–Kier alpha value is -2.96. The summed E-state index contributed by atoms with van der Waals surface area (Å²) < 4.78 is 20.3. The van der Waals surface area contributed by atoms with Crippen molar-refractivity contribution in [2.45, 2.75) is 44.1 Å². The van der Waals surface area contributed by atoms with Crippen molar-refractivity contribution in [3.8, 4) is 5.69 Å². The summed E-state index contributed by atoms with van der Waals surface area (Å²) in [5.41, 5.74) is 3.20. The van der Waals surface area contributed by atoms with Crippen LogP contribution in [0.25, 0.3) is 5.69 Å². The van der Waals surface area contributed by atoms with Crippen LogP contribution >= 0.6 is 0 Å². The molecule has 0 bridgehead atoms. The molecule has 2 heterocycles. The maximum atomic E-state index is 13.2. The molecule has 0 radical (unpaired) electrons. The molecule has 1 aromatic carbocycles. The lowest BCUT2D eigenvalue weighted by atomic mass is 9.92. The Morgan fingerprint density at radius 2 is 2.04 bits per heavy atom. The van der Waals surface area contributed by atoms with Crippen molar-refractivity contribution in [1.29, 1.82) is 0 Å². The third-order valence-corrected chi connectivity index (χ3v) is 5.30. The summed E-state index contributed by atoms with van der Waals surface area (Å²) in [6, 6.07) is 7.90. The Morgan fingerprint density at radius 3 is 2.81 bits per heavy atom. The zero-order valence-corrected chi connectivity index (χ0v) is 14.7. The number of rotatable bonds is 4. The summed E-state index contributed by atoms with van der Waals surface area (Å²) in [6.07, 6.45) is 6.66. The molecule has 0 spiro atoms. The zero-order chi connectivity index (χ0) is 18.4. The van der Waals surface area contributed by atoms with Crippen LogP contribution in [0.5, 0.6) is 0 Å². The molecule has 2 aromatic heterocycles. The van der Waals surface area contributed by atoms with Gasteiger partial charge in [-0.25, -0.2) is 9.07 Å². The average Bonchev–Trinajstić information content (AvgIpc) is 3.24. The molecular formula is C20H19FN4O2. The van der Waals surface area contributed by atoms with E-state index in [1.807, 2.05) is 4.68 Å². The summed E-state index contributed by atoms with van der Waals surface area (Å²) in [6.45, 7) is 0. The van der Waals surface area contributed by atoms with E-state index in [4.69, 9.17) is 4.52 Å². The van der Waals surface area contributed by atoms with Crippen LogP contribution < -0.4 is 5.32 Å². The van der Waals surface area contributed by atoms with E-state index in [2.05, 4.69) is 15.6 Å². The number of fused-ring (bicyclic) bond motifs is 1. The molecule has 5 rings (SSSR count). The summed E-state index contributed by atoms with van der Waals surface area (Å²) in [5, 5.41) is 11.5. The molecule has 1 amide bonds. The standard InChI is InChI=1S/C20H19FN4O2/c21-13-6-8-14(9-7-13)25-18-3-1-2-16(15(18)11-22-25)23-20(26)17-10-19(27-24-17)12-4-5-12/h6-12,16H,1-5H2,(H,23,26)/t16-/m0/s1. The molecule has 1 N–H and O–H groups in total. The van der Waals surface area contributed by atoms with Gasteiger partial charge >= 0.3 is 0 Å². The number of halogens is 1. The topological polar surface area (TPSA) is 73.0 Å². The minimum Gasteiger partial charge on any atom is -0.360 e. The molecule has 1 saturated carbocycles. The normalized spacial score (nSPS) is 18.9. The maximum Gasteiger partial charge on any atom is 0.273 e. The molecule has 3 aromatic rings. The monoisotopic (exact) mass is 366 g/mol. The number of carbonyl (C=O) groups is 1. The molecule has 0 unspecified atom stereocenters. The van der Waals surface area contributed by atoms with Crippen LogP contribution in [0.15, 0.2) is 41.1 Å². The quantitative estimate of drug-likeness (QED) is 0.764. The van der Waals surface area contributed by atoms with Gasteiger partial charge in [0.1, 0.15) is 11.6 Å². The van der Waals surface area contributed by atoms with E-state index in [0.29, 0.717) is 11.6 Å². The molecule has 138 valence electrons. The van der Waals surface area contributed by atoms with Crippen LogP contribution in [0.2, 0.25) is 0 Å². The van der Waals surface area contributed by atoms with Crippen LogP contribution in [0.4, 0.5) is 4.39 Å². The summed E-state index contributed by atoms with van der Waals surface area (Å²) in [5.74, 6) is 0.726. The first kappa shape index (κ1) is 16.2. The summed E-state index contributed by atoms with van der Waals surface area (Å²) >= 11 is 0. The molecule has 1 atom stereocenters. The van der Waals surface area contributed by atoms with E-state index in [-0.39, 0.29) is 17.8 Å². The van der Waals surface area contributed by atoms with Crippen LogP contribution in [0.3, 0.4) is 0 Å². The first-order valence-corrected chi connectivity index (χ1v) is 9.29. The van der Waals surface area contributed by atoms with Crippen LogP contribution in [-0.4, -0.2) is 20.8 Å². The number of carbonyl (C=O) groups excluding carboxylic acids is 1. The Morgan fingerprint density at radius 1 is 1.22 bits per heavy atom.